The molecular weight excluding hydrogens is 564 g/mol. The maximum atomic E-state index is 15.3. The van der Waals surface area contributed by atoms with E-state index in [-0.39, 0.29) is 40.5 Å². The van der Waals surface area contributed by atoms with E-state index in [2.05, 4.69) is 11.6 Å². The minimum absolute atomic E-state index is 0.00586. The molecule has 6 rings (SSSR count). The number of carbonyl (C=O) groups is 1. The fourth-order valence-corrected chi connectivity index (χ4v) is 6.17. The number of para-hydroxylation sites is 2. The molecule has 216 valence electrons. The van der Waals surface area contributed by atoms with Crippen LogP contribution in [0.4, 0.5) is 20.3 Å². The van der Waals surface area contributed by atoms with Gasteiger partial charge < -0.3 is 19.4 Å². The van der Waals surface area contributed by atoms with Crippen LogP contribution in [0.3, 0.4) is 0 Å². The van der Waals surface area contributed by atoms with E-state index in [0.717, 1.165) is 11.8 Å². The summed E-state index contributed by atoms with van der Waals surface area (Å²) in [6, 6.07) is 11.3. The largest absolute Gasteiger partial charge is 0.486 e. The minimum atomic E-state index is -1.04. The van der Waals surface area contributed by atoms with Gasteiger partial charge in [0.15, 0.2) is 17.4 Å². The van der Waals surface area contributed by atoms with Crippen LogP contribution in [0.2, 0.25) is 5.02 Å². The smallest absolute Gasteiger partial charge is 0.354 e. The van der Waals surface area contributed by atoms with E-state index in [4.69, 9.17) is 16.3 Å². The number of amides is 1. The van der Waals surface area contributed by atoms with Crippen molar-refractivity contribution < 1.29 is 18.3 Å². The number of carbonyl (C=O) groups excluding carboxylic acids is 1. The van der Waals surface area contributed by atoms with E-state index in [0.29, 0.717) is 47.6 Å². The van der Waals surface area contributed by atoms with Crippen molar-refractivity contribution in [3.8, 4) is 22.6 Å². The second-order valence-corrected chi connectivity index (χ2v) is 11.0. The van der Waals surface area contributed by atoms with Gasteiger partial charge in [-0.05, 0) is 37.3 Å². The van der Waals surface area contributed by atoms with E-state index in [1.807, 2.05) is 43.0 Å². The van der Waals surface area contributed by atoms with Crippen molar-refractivity contribution in [3.05, 3.63) is 87.8 Å². The number of benzene rings is 3. The van der Waals surface area contributed by atoms with E-state index >= 15 is 4.39 Å². The molecule has 1 amide bonds. The third kappa shape index (κ3) is 4.28. The van der Waals surface area contributed by atoms with Gasteiger partial charge in [0.25, 0.3) is 0 Å². The number of ether oxygens (including phenoxy) is 1. The monoisotopic (exact) mass is 591 g/mol. The van der Waals surface area contributed by atoms with Crippen LogP contribution in [0, 0.1) is 11.6 Å². The molecule has 1 saturated heterocycles. The molecule has 0 saturated carbocycles. The molecule has 8 nitrogen and oxygen atoms in total. The average molecular weight is 592 g/mol. The van der Waals surface area contributed by atoms with Crippen molar-refractivity contribution in [2.24, 2.45) is 0 Å². The molecule has 2 aliphatic rings. The average Bonchev–Trinajstić information content (AvgIpc) is 2.98. The van der Waals surface area contributed by atoms with Crippen LogP contribution in [0.15, 0.2) is 59.9 Å². The van der Waals surface area contributed by atoms with E-state index in [1.165, 1.54) is 16.7 Å². The number of rotatable bonds is 4. The highest BCUT2D eigenvalue weighted by atomic mass is 35.5. The zero-order valence-corrected chi connectivity index (χ0v) is 24.1. The Kier molecular flexibility index (Phi) is 6.89. The highest BCUT2D eigenvalue weighted by Crippen LogP contribution is 2.49. The first kappa shape index (κ1) is 27.7. The van der Waals surface area contributed by atoms with Gasteiger partial charge in [-0.2, -0.15) is 4.98 Å². The van der Waals surface area contributed by atoms with Crippen LogP contribution in [-0.2, 0) is 11.4 Å². The third-order valence-electron chi connectivity index (χ3n) is 7.86. The van der Waals surface area contributed by atoms with Crippen LogP contribution in [0.5, 0.6) is 5.75 Å². The number of piperazine rings is 1. The van der Waals surface area contributed by atoms with Gasteiger partial charge >= 0.3 is 5.69 Å². The lowest BCUT2D eigenvalue weighted by atomic mass is 9.94. The fraction of sp³-hybridized carbons (Fsp3) is 0.258. The normalized spacial score (nSPS) is 16.1. The first-order valence-electron chi connectivity index (χ1n) is 13.5. The first-order chi connectivity index (χ1) is 20.1. The number of aromatic nitrogens is 2. The Bertz CT molecular complexity index is 1840. The van der Waals surface area contributed by atoms with Crippen LogP contribution >= 0.6 is 11.6 Å². The van der Waals surface area contributed by atoms with Crippen molar-refractivity contribution in [2.75, 3.05) is 43.5 Å². The Hall–Kier alpha value is -4.44. The van der Waals surface area contributed by atoms with Crippen molar-refractivity contribution in [3.63, 3.8) is 0 Å². The summed E-state index contributed by atoms with van der Waals surface area (Å²) < 4.78 is 37.5. The highest BCUT2D eigenvalue weighted by molar-refractivity contribution is 6.35. The fourth-order valence-electron chi connectivity index (χ4n) is 5.89. The van der Waals surface area contributed by atoms with E-state index in [9.17, 15) is 14.0 Å². The molecule has 0 bridgehead atoms. The molecule has 11 heteroatoms. The first-order valence-corrected chi connectivity index (χ1v) is 13.8. The Morgan fingerprint density at radius 2 is 1.93 bits per heavy atom. The molecule has 1 atom stereocenters. The number of fused-ring (bicyclic) bond motifs is 5. The molecule has 0 unspecified atom stereocenters. The van der Waals surface area contributed by atoms with E-state index < -0.39 is 17.3 Å². The number of hydrogen-bond acceptors (Lipinski definition) is 6. The van der Waals surface area contributed by atoms with Gasteiger partial charge in [0.1, 0.15) is 17.9 Å². The Labute approximate surface area is 246 Å². The number of anilines is 2. The molecule has 1 aromatic heterocycles. The van der Waals surface area contributed by atoms with Gasteiger partial charge in [-0.3, -0.25) is 9.36 Å². The predicted molar refractivity (Wildman–Crippen MR) is 160 cm³/mol. The van der Waals surface area contributed by atoms with Gasteiger partial charge in [-0.25, -0.2) is 13.6 Å². The molecule has 0 radical (unpaired) electrons. The van der Waals surface area contributed by atoms with E-state index in [1.54, 1.807) is 23.1 Å². The van der Waals surface area contributed by atoms with Crippen molar-refractivity contribution in [1.82, 2.24) is 14.5 Å². The Morgan fingerprint density at radius 1 is 1.17 bits per heavy atom. The Morgan fingerprint density at radius 3 is 2.64 bits per heavy atom. The molecule has 3 heterocycles. The molecular formula is C31H28ClF2N5O3. The molecule has 1 fully saturated rings. The zero-order valence-electron chi connectivity index (χ0n) is 23.3. The summed E-state index contributed by atoms with van der Waals surface area (Å²) in [5.74, 6) is -1.69. The summed E-state index contributed by atoms with van der Waals surface area (Å²) >= 11 is 6.85. The maximum absolute atomic E-state index is 15.3. The Balaban J connectivity index is 1.69. The van der Waals surface area contributed by atoms with Gasteiger partial charge in [-0.15, -0.1) is 0 Å². The summed E-state index contributed by atoms with van der Waals surface area (Å²) in [7, 11) is 3.72. The number of halogens is 3. The number of hydrogen-bond donors (Lipinski definition) is 0. The summed E-state index contributed by atoms with van der Waals surface area (Å²) in [5.41, 5.74) is 1.64. The standard InChI is InChI=1S/C31H28ClF2N5O3/c1-5-24(40)37-12-13-38(17(2)15-37)30-19-14-20(32)26-25-18(10-11-21(33)27(25)34)16-42-29(26)28(19)39(31(41)35-30)23-9-7-6-8-22(23)36(3)4/h5-11,14,17H,1,12-13,15-16H2,2-4H3/t17-/m0/s1. The molecule has 4 aromatic rings. The van der Waals surface area contributed by atoms with Gasteiger partial charge in [0, 0.05) is 61.8 Å². The van der Waals surface area contributed by atoms with Crippen LogP contribution in [0.25, 0.3) is 27.7 Å². The minimum Gasteiger partial charge on any atom is -0.486 e. The molecule has 0 N–H and O–H groups in total. The zero-order chi connectivity index (χ0) is 29.9. The van der Waals surface area contributed by atoms with Crippen LogP contribution in [-0.4, -0.2) is 60.1 Å². The van der Waals surface area contributed by atoms with Gasteiger partial charge in [-0.1, -0.05) is 36.4 Å². The van der Waals surface area contributed by atoms with Crippen LogP contribution in [0.1, 0.15) is 12.5 Å². The number of nitrogens with zero attached hydrogens (tertiary/aromatic N) is 5. The van der Waals surface area contributed by atoms with Crippen LogP contribution < -0.4 is 20.2 Å². The molecule has 3 aromatic carbocycles. The summed E-state index contributed by atoms with van der Waals surface area (Å²) in [5, 5.41) is 0.632. The lowest BCUT2D eigenvalue weighted by molar-refractivity contribution is -0.126. The second-order valence-electron chi connectivity index (χ2n) is 10.6. The lowest BCUT2D eigenvalue weighted by Crippen LogP contribution is -2.54. The summed E-state index contributed by atoms with van der Waals surface area (Å²) in [4.78, 5) is 36.4. The molecule has 2 aliphatic heterocycles. The third-order valence-corrected chi connectivity index (χ3v) is 8.16. The SMILES string of the molecule is C=CC(=O)N1CCN(c2nc(=O)n(-c3ccccc3N(C)C)c3c4c(c(Cl)cc23)-c2c(ccc(F)c2F)CO4)[C@@H](C)C1. The van der Waals surface area contributed by atoms with Gasteiger partial charge in [0.2, 0.25) is 5.91 Å². The summed E-state index contributed by atoms with van der Waals surface area (Å²) in [6.07, 6.45) is 1.28. The second kappa shape index (κ2) is 10.4. The molecule has 0 spiro atoms. The molecule has 42 heavy (non-hydrogen) atoms. The maximum Gasteiger partial charge on any atom is 0.354 e. The quantitative estimate of drug-likeness (QED) is 0.305. The topological polar surface area (TPSA) is 70.9 Å². The van der Waals surface area contributed by atoms with Crippen molar-refractivity contribution in [2.45, 2.75) is 19.6 Å². The lowest BCUT2D eigenvalue weighted by Gasteiger charge is -2.40. The van der Waals surface area contributed by atoms with Gasteiger partial charge in [0.05, 0.1) is 16.4 Å². The highest BCUT2D eigenvalue weighted by Gasteiger charge is 2.34. The predicted octanol–water partition coefficient (Wildman–Crippen LogP) is 5.17. The summed E-state index contributed by atoms with van der Waals surface area (Å²) in [6.45, 7) is 6.67. The van der Waals surface area contributed by atoms with Crippen molar-refractivity contribution in [1.29, 1.82) is 0 Å². The van der Waals surface area contributed by atoms with Crippen molar-refractivity contribution >= 4 is 39.9 Å². The molecule has 0 aliphatic carbocycles.